The fourth-order valence-electron chi connectivity index (χ4n) is 10.0. The Kier molecular flexibility index (Phi) is 50.4. The van der Waals surface area contributed by atoms with Gasteiger partial charge in [0.05, 0.1) is 32.0 Å². The van der Waals surface area contributed by atoms with Crippen LogP contribution in [0, 0.1) is 0 Å². The van der Waals surface area contributed by atoms with E-state index in [1.807, 2.05) is 6.08 Å². The molecular weight excluding hydrogens is 931 g/mol. The van der Waals surface area contributed by atoms with Crippen LogP contribution in [0.15, 0.2) is 24.3 Å². The highest BCUT2D eigenvalue weighted by Gasteiger charge is 2.44. The molecule has 1 heterocycles. The Labute approximate surface area is 454 Å². The van der Waals surface area contributed by atoms with Gasteiger partial charge >= 0.3 is 5.97 Å². The Hall–Kier alpha value is -1.86. The summed E-state index contributed by atoms with van der Waals surface area (Å²) in [5, 5.41) is 54.2. The molecule has 436 valence electrons. The first kappa shape index (κ1) is 70.2. The van der Waals surface area contributed by atoms with Crippen LogP contribution in [0.2, 0.25) is 0 Å². The summed E-state index contributed by atoms with van der Waals surface area (Å²) in [6, 6.07) is -0.810. The van der Waals surface area contributed by atoms with Gasteiger partial charge in [-0.2, -0.15) is 0 Å². The maximum Gasteiger partial charge on any atom is 0.305 e. The van der Waals surface area contributed by atoms with E-state index in [-0.39, 0.29) is 18.5 Å². The number of aliphatic hydroxyl groups is 5. The van der Waals surface area contributed by atoms with E-state index in [9.17, 15) is 35.1 Å². The van der Waals surface area contributed by atoms with Gasteiger partial charge in [0.1, 0.15) is 24.4 Å². The van der Waals surface area contributed by atoms with Crippen molar-refractivity contribution in [2.24, 2.45) is 0 Å². The fourth-order valence-corrected chi connectivity index (χ4v) is 10.0. The molecule has 74 heavy (non-hydrogen) atoms. The second-order valence-electron chi connectivity index (χ2n) is 22.1. The number of carbonyl (C=O) groups excluding carboxylic acids is 2. The van der Waals surface area contributed by atoms with Crippen LogP contribution in [-0.2, 0) is 23.8 Å². The number of amides is 1. The molecule has 0 aromatic carbocycles. The van der Waals surface area contributed by atoms with E-state index in [0.717, 1.165) is 64.2 Å². The van der Waals surface area contributed by atoms with Crippen molar-refractivity contribution in [3.05, 3.63) is 24.3 Å². The quantitative estimate of drug-likeness (QED) is 0.0195. The highest BCUT2D eigenvalue weighted by molar-refractivity contribution is 5.76. The fraction of sp³-hybridized carbons (Fsp3) is 0.905. The molecule has 7 unspecified atom stereocenters. The lowest BCUT2D eigenvalue weighted by atomic mass is 9.99. The third-order valence-corrected chi connectivity index (χ3v) is 15.1. The third kappa shape index (κ3) is 42.2. The molecule has 11 heteroatoms. The van der Waals surface area contributed by atoms with Crippen LogP contribution in [0.25, 0.3) is 0 Å². The van der Waals surface area contributed by atoms with Crippen molar-refractivity contribution in [3.63, 3.8) is 0 Å². The highest BCUT2D eigenvalue weighted by atomic mass is 16.7. The molecule has 0 saturated carbocycles. The molecule has 0 spiro atoms. The summed E-state index contributed by atoms with van der Waals surface area (Å²) in [5.74, 6) is -0.191. The van der Waals surface area contributed by atoms with Gasteiger partial charge in [-0.25, -0.2) is 0 Å². The average molecular weight is 1050 g/mol. The molecule has 1 rings (SSSR count). The molecule has 6 N–H and O–H groups in total. The van der Waals surface area contributed by atoms with Crippen molar-refractivity contribution in [3.8, 4) is 0 Å². The van der Waals surface area contributed by atoms with Crippen LogP contribution in [0.3, 0.4) is 0 Å². The van der Waals surface area contributed by atoms with Gasteiger partial charge < -0.3 is 45.1 Å². The minimum Gasteiger partial charge on any atom is -0.466 e. The van der Waals surface area contributed by atoms with Crippen LogP contribution in [-0.4, -0.2) is 100 Å². The van der Waals surface area contributed by atoms with Gasteiger partial charge in [0.15, 0.2) is 6.29 Å². The summed E-state index contributed by atoms with van der Waals surface area (Å²) in [5.41, 5.74) is 0. The van der Waals surface area contributed by atoms with E-state index in [4.69, 9.17) is 14.2 Å². The van der Waals surface area contributed by atoms with Gasteiger partial charge in [0.25, 0.3) is 0 Å². The number of hydrogen-bond acceptors (Lipinski definition) is 10. The number of carbonyl (C=O) groups is 2. The molecule has 7 atom stereocenters. The largest absolute Gasteiger partial charge is 0.466 e. The summed E-state index contributed by atoms with van der Waals surface area (Å²) < 4.78 is 16.7. The Morgan fingerprint density at radius 3 is 1.30 bits per heavy atom. The van der Waals surface area contributed by atoms with Crippen molar-refractivity contribution in [2.45, 2.75) is 346 Å². The Morgan fingerprint density at radius 2 is 0.865 bits per heavy atom. The molecule has 1 saturated heterocycles. The Balaban J connectivity index is 1.97. The van der Waals surface area contributed by atoms with E-state index in [0.29, 0.717) is 19.4 Å². The van der Waals surface area contributed by atoms with Crippen LogP contribution < -0.4 is 5.32 Å². The second-order valence-corrected chi connectivity index (χ2v) is 22.1. The van der Waals surface area contributed by atoms with Crippen molar-refractivity contribution >= 4 is 11.9 Å². The lowest BCUT2D eigenvalue weighted by Gasteiger charge is -2.40. The first-order valence-electron chi connectivity index (χ1n) is 31.6. The van der Waals surface area contributed by atoms with Gasteiger partial charge in [0, 0.05) is 12.8 Å². The molecule has 0 bridgehead atoms. The highest BCUT2D eigenvalue weighted by Crippen LogP contribution is 2.23. The molecule has 1 aliphatic rings. The minimum atomic E-state index is -1.57. The van der Waals surface area contributed by atoms with Crippen molar-refractivity contribution in [1.82, 2.24) is 5.32 Å². The zero-order valence-electron chi connectivity index (χ0n) is 48.1. The molecule has 0 radical (unpaired) electrons. The monoisotopic (exact) mass is 1050 g/mol. The smallest absolute Gasteiger partial charge is 0.305 e. The van der Waals surface area contributed by atoms with Crippen molar-refractivity contribution < 1.29 is 49.3 Å². The van der Waals surface area contributed by atoms with Gasteiger partial charge in [-0.05, 0) is 57.8 Å². The predicted molar refractivity (Wildman–Crippen MR) is 306 cm³/mol. The van der Waals surface area contributed by atoms with Crippen LogP contribution >= 0.6 is 0 Å². The van der Waals surface area contributed by atoms with E-state index in [2.05, 4.69) is 31.3 Å². The van der Waals surface area contributed by atoms with Crippen molar-refractivity contribution in [1.29, 1.82) is 0 Å². The number of aliphatic hydroxyl groups excluding tert-OH is 5. The lowest BCUT2D eigenvalue weighted by Crippen LogP contribution is -2.60. The minimum absolute atomic E-state index is 0.00647. The van der Waals surface area contributed by atoms with Gasteiger partial charge in [-0.1, -0.05) is 256 Å². The normalized spacial score (nSPS) is 18.9. The van der Waals surface area contributed by atoms with Gasteiger partial charge in [0.2, 0.25) is 5.91 Å². The summed E-state index contributed by atoms with van der Waals surface area (Å²) in [7, 11) is 0. The van der Waals surface area contributed by atoms with E-state index < -0.39 is 49.5 Å². The second kappa shape index (κ2) is 53.2. The van der Waals surface area contributed by atoms with E-state index in [1.165, 1.54) is 212 Å². The third-order valence-electron chi connectivity index (χ3n) is 15.1. The lowest BCUT2D eigenvalue weighted by molar-refractivity contribution is -0.302. The molecule has 1 fully saturated rings. The maximum atomic E-state index is 13.0. The molecule has 0 aliphatic carbocycles. The SMILES string of the molecule is CCCCCCCC/C=C\CCCCCCCCCC(=O)OCCCCCCCCCCCCCCCCCCCCCCC(=O)NC(COC1OC(CO)C(O)C(O)C1O)C(O)/C=C/CCCCCCCCC. The first-order valence-corrected chi connectivity index (χ1v) is 31.6. The summed E-state index contributed by atoms with van der Waals surface area (Å²) in [6.07, 6.45) is 54.3. The molecular formula is C63H119NO10. The molecule has 0 aromatic rings. The number of nitrogens with one attached hydrogen (secondary N) is 1. The van der Waals surface area contributed by atoms with Crippen LogP contribution in [0.5, 0.6) is 0 Å². The summed E-state index contributed by atoms with van der Waals surface area (Å²) >= 11 is 0. The van der Waals surface area contributed by atoms with E-state index >= 15 is 0 Å². The zero-order chi connectivity index (χ0) is 53.8. The molecule has 1 amide bonds. The Morgan fingerprint density at radius 1 is 0.486 bits per heavy atom. The summed E-state index contributed by atoms with van der Waals surface area (Å²) in [6.45, 7) is 4.32. The number of unbranched alkanes of at least 4 members (excludes halogenated alkanes) is 39. The average Bonchev–Trinajstić information content (AvgIpc) is 3.40. The maximum absolute atomic E-state index is 13.0. The molecule has 11 nitrogen and oxygen atoms in total. The Bertz CT molecular complexity index is 1280. The molecule has 1 aliphatic heterocycles. The van der Waals surface area contributed by atoms with Crippen LogP contribution in [0.1, 0.15) is 303 Å². The predicted octanol–water partition coefficient (Wildman–Crippen LogP) is 14.9. The van der Waals surface area contributed by atoms with Crippen molar-refractivity contribution in [2.75, 3.05) is 19.8 Å². The number of esters is 1. The van der Waals surface area contributed by atoms with E-state index in [1.54, 1.807) is 6.08 Å². The number of hydrogen-bond donors (Lipinski definition) is 6. The first-order chi connectivity index (χ1) is 36.2. The number of rotatable bonds is 55. The topological polar surface area (TPSA) is 175 Å². The zero-order valence-corrected chi connectivity index (χ0v) is 48.1. The summed E-state index contributed by atoms with van der Waals surface area (Å²) in [4.78, 5) is 25.1. The number of allylic oxidation sites excluding steroid dienone is 3. The van der Waals surface area contributed by atoms with Crippen LogP contribution in [0.4, 0.5) is 0 Å². The standard InChI is InChI=1S/C63H119NO10/c1-3-5-7-9-11-13-14-15-16-21-25-28-31-35-39-43-47-51-59(68)72-52-48-44-40-36-32-29-26-23-20-18-17-19-22-24-27-30-34-38-42-46-50-58(67)64-55(56(66)49-45-41-37-33-12-10-8-6-4-2)54-73-63-62(71)61(70)60(69)57(53-65)74-63/h15-16,45,49,55-57,60-63,65-66,69-71H,3-14,17-44,46-48,50-54H2,1-2H3,(H,64,67)/b16-15-,49-45+. The van der Waals surface area contributed by atoms with Gasteiger partial charge in [-0.15, -0.1) is 0 Å². The number of ether oxygens (including phenoxy) is 3. The van der Waals surface area contributed by atoms with Gasteiger partial charge in [-0.3, -0.25) is 9.59 Å². The molecule has 0 aromatic heterocycles.